The van der Waals surface area contributed by atoms with Gasteiger partial charge in [0.05, 0.1) is 6.54 Å². The fourth-order valence-corrected chi connectivity index (χ4v) is 3.28. The molecular weight excluding hydrogens is 314 g/mol. The lowest BCUT2D eigenvalue weighted by atomic mass is 10.1. The van der Waals surface area contributed by atoms with Crippen molar-refractivity contribution in [1.82, 2.24) is 14.7 Å². The second kappa shape index (κ2) is 7.85. The quantitative estimate of drug-likeness (QED) is 0.838. The molecule has 0 saturated carbocycles. The molecule has 1 saturated heterocycles. The predicted molar refractivity (Wildman–Crippen MR) is 98.3 cm³/mol. The molecule has 0 N–H and O–H groups in total. The number of nitrogens with zero attached hydrogens (tertiary/aromatic N) is 3. The van der Waals surface area contributed by atoms with Gasteiger partial charge in [0.1, 0.15) is 5.76 Å². The number of hydrogen-bond donors (Lipinski definition) is 0. The van der Waals surface area contributed by atoms with Gasteiger partial charge < -0.3 is 14.2 Å². The molecule has 0 radical (unpaired) electrons. The van der Waals surface area contributed by atoms with Gasteiger partial charge in [-0.3, -0.25) is 9.69 Å². The van der Waals surface area contributed by atoms with Crippen LogP contribution in [0.15, 0.2) is 46.9 Å². The Hall–Kier alpha value is -2.11. The Kier molecular flexibility index (Phi) is 5.56. The van der Waals surface area contributed by atoms with Gasteiger partial charge in [0.2, 0.25) is 0 Å². The summed E-state index contributed by atoms with van der Waals surface area (Å²) in [6.45, 7) is 6.16. The molecule has 1 fully saturated rings. The molecule has 1 unspecified atom stereocenters. The van der Waals surface area contributed by atoms with E-state index in [1.165, 1.54) is 5.56 Å². The van der Waals surface area contributed by atoms with Crippen LogP contribution in [0, 0.1) is 0 Å². The lowest BCUT2D eigenvalue weighted by Crippen LogP contribution is -2.53. The molecule has 25 heavy (non-hydrogen) atoms. The van der Waals surface area contributed by atoms with Gasteiger partial charge >= 0.3 is 0 Å². The topological polar surface area (TPSA) is 39.9 Å². The highest BCUT2D eigenvalue weighted by Crippen LogP contribution is 2.18. The summed E-state index contributed by atoms with van der Waals surface area (Å²) >= 11 is 0. The first-order valence-electron chi connectivity index (χ1n) is 8.83. The van der Waals surface area contributed by atoms with Crippen LogP contribution in [-0.4, -0.2) is 60.4 Å². The molecule has 1 aromatic heterocycles. The Labute approximate surface area is 149 Å². The maximum Gasteiger partial charge on any atom is 0.289 e. The molecule has 0 spiro atoms. The van der Waals surface area contributed by atoms with Gasteiger partial charge in [-0.2, -0.15) is 0 Å². The van der Waals surface area contributed by atoms with Crippen molar-refractivity contribution in [3.63, 3.8) is 0 Å². The third-order valence-electron chi connectivity index (χ3n) is 4.63. The minimum absolute atomic E-state index is 0.00350. The van der Waals surface area contributed by atoms with Crippen LogP contribution in [0.1, 0.15) is 28.8 Å². The van der Waals surface area contributed by atoms with E-state index >= 15 is 0 Å². The molecule has 5 heteroatoms. The van der Waals surface area contributed by atoms with Crippen molar-refractivity contribution in [1.29, 1.82) is 0 Å². The van der Waals surface area contributed by atoms with E-state index in [9.17, 15) is 4.79 Å². The Bertz CT molecular complexity index is 696. The fraction of sp³-hybridized carbons (Fsp3) is 0.450. The summed E-state index contributed by atoms with van der Waals surface area (Å²) in [7, 11) is 3.97. The average Bonchev–Trinajstić information content (AvgIpc) is 3.04. The number of benzene rings is 1. The third kappa shape index (κ3) is 4.50. The van der Waals surface area contributed by atoms with E-state index < -0.39 is 0 Å². The van der Waals surface area contributed by atoms with E-state index in [1.54, 1.807) is 6.07 Å². The minimum Gasteiger partial charge on any atom is -0.455 e. The van der Waals surface area contributed by atoms with Crippen molar-refractivity contribution >= 4 is 5.91 Å². The predicted octanol–water partition coefficient (Wildman–Crippen LogP) is 2.69. The molecule has 1 aliphatic heterocycles. The molecule has 3 rings (SSSR count). The number of rotatable bonds is 5. The van der Waals surface area contributed by atoms with Crippen molar-refractivity contribution in [2.45, 2.75) is 26.1 Å². The summed E-state index contributed by atoms with van der Waals surface area (Å²) in [4.78, 5) is 19.1. The molecule has 1 atom stereocenters. The van der Waals surface area contributed by atoms with E-state index in [0.29, 0.717) is 18.3 Å². The summed E-state index contributed by atoms with van der Waals surface area (Å²) in [6.07, 6.45) is 0. The monoisotopic (exact) mass is 341 g/mol. The van der Waals surface area contributed by atoms with E-state index in [-0.39, 0.29) is 5.91 Å². The van der Waals surface area contributed by atoms with Crippen molar-refractivity contribution in [2.75, 3.05) is 33.7 Å². The second-order valence-electron chi connectivity index (χ2n) is 7.06. The first kappa shape index (κ1) is 17.7. The second-order valence-corrected chi connectivity index (χ2v) is 7.06. The van der Waals surface area contributed by atoms with Crippen LogP contribution in [0.3, 0.4) is 0 Å². The van der Waals surface area contributed by atoms with E-state index in [0.717, 1.165) is 31.9 Å². The Morgan fingerprint density at radius 3 is 2.60 bits per heavy atom. The number of amides is 1. The number of carbonyl (C=O) groups excluding carboxylic acids is 1. The van der Waals surface area contributed by atoms with Gasteiger partial charge in [0.25, 0.3) is 5.91 Å². The zero-order valence-electron chi connectivity index (χ0n) is 15.3. The third-order valence-corrected chi connectivity index (χ3v) is 4.63. The molecule has 0 aliphatic carbocycles. The number of carbonyl (C=O) groups is 1. The van der Waals surface area contributed by atoms with Gasteiger partial charge in [0, 0.05) is 32.2 Å². The summed E-state index contributed by atoms with van der Waals surface area (Å²) in [6, 6.07) is 14.5. The lowest BCUT2D eigenvalue weighted by molar-refractivity contribution is 0.0466. The zero-order valence-corrected chi connectivity index (χ0v) is 15.3. The summed E-state index contributed by atoms with van der Waals surface area (Å²) < 4.78 is 5.72. The summed E-state index contributed by atoms with van der Waals surface area (Å²) in [5, 5.41) is 0. The fourth-order valence-electron chi connectivity index (χ4n) is 3.28. The van der Waals surface area contributed by atoms with Crippen LogP contribution in [0.2, 0.25) is 0 Å². The molecule has 2 heterocycles. The molecule has 0 bridgehead atoms. The smallest absolute Gasteiger partial charge is 0.289 e. The van der Waals surface area contributed by atoms with Gasteiger partial charge in [-0.05, 0) is 38.7 Å². The first-order valence-corrected chi connectivity index (χ1v) is 8.83. The molecule has 1 amide bonds. The highest BCUT2D eigenvalue weighted by molar-refractivity contribution is 5.91. The average molecular weight is 341 g/mol. The molecule has 1 aromatic carbocycles. The first-order chi connectivity index (χ1) is 12.0. The van der Waals surface area contributed by atoms with E-state index in [2.05, 4.69) is 36.1 Å². The lowest BCUT2D eigenvalue weighted by Gasteiger charge is -2.39. The van der Waals surface area contributed by atoms with Crippen molar-refractivity contribution < 1.29 is 9.21 Å². The highest BCUT2D eigenvalue weighted by atomic mass is 16.4. The maximum atomic E-state index is 12.7. The highest BCUT2D eigenvalue weighted by Gasteiger charge is 2.28. The standard InChI is InChI=1S/C20H27N3O2/c1-16-13-23(12-11-22(16)14-17-7-5-4-6-8-17)20(24)19-10-9-18(25-19)15-21(2)3/h4-10,16H,11-15H2,1-3H3. The maximum absolute atomic E-state index is 12.7. The number of hydrogen-bond acceptors (Lipinski definition) is 4. The zero-order chi connectivity index (χ0) is 17.8. The van der Waals surface area contributed by atoms with Crippen LogP contribution >= 0.6 is 0 Å². The summed E-state index contributed by atoms with van der Waals surface area (Å²) in [5.74, 6) is 1.26. The SMILES string of the molecule is CC1CN(C(=O)c2ccc(CN(C)C)o2)CCN1Cc1ccccc1. The largest absolute Gasteiger partial charge is 0.455 e. The molecule has 1 aliphatic rings. The van der Waals surface area contributed by atoms with Gasteiger partial charge in [0.15, 0.2) is 5.76 Å². The van der Waals surface area contributed by atoms with Crippen LogP contribution in [-0.2, 0) is 13.1 Å². The van der Waals surface area contributed by atoms with Crippen molar-refractivity contribution in [3.8, 4) is 0 Å². The van der Waals surface area contributed by atoms with E-state index in [4.69, 9.17) is 4.42 Å². The van der Waals surface area contributed by atoms with E-state index in [1.807, 2.05) is 36.0 Å². The van der Waals surface area contributed by atoms with Crippen LogP contribution in [0.4, 0.5) is 0 Å². The van der Waals surface area contributed by atoms with Crippen molar-refractivity contribution in [3.05, 3.63) is 59.5 Å². The molecule has 5 nitrogen and oxygen atoms in total. The van der Waals surface area contributed by atoms with Crippen LogP contribution in [0.25, 0.3) is 0 Å². The van der Waals surface area contributed by atoms with Gasteiger partial charge in [-0.1, -0.05) is 30.3 Å². The Balaban J connectivity index is 1.58. The number of piperazine rings is 1. The molecule has 2 aromatic rings. The van der Waals surface area contributed by atoms with Gasteiger partial charge in [-0.15, -0.1) is 0 Å². The van der Waals surface area contributed by atoms with Crippen molar-refractivity contribution in [2.24, 2.45) is 0 Å². The molecule has 134 valence electrons. The van der Waals surface area contributed by atoms with Gasteiger partial charge in [-0.25, -0.2) is 0 Å². The Morgan fingerprint density at radius 1 is 1.16 bits per heavy atom. The summed E-state index contributed by atoms with van der Waals surface area (Å²) in [5.41, 5.74) is 1.31. The van der Waals surface area contributed by atoms with Crippen LogP contribution < -0.4 is 0 Å². The molecular formula is C20H27N3O2. The normalized spacial score (nSPS) is 18.7. The Morgan fingerprint density at radius 2 is 1.92 bits per heavy atom. The minimum atomic E-state index is -0.00350. The van der Waals surface area contributed by atoms with Crippen LogP contribution in [0.5, 0.6) is 0 Å². The number of furan rings is 1.